The monoisotopic (exact) mass is 284 g/mol. The number of benzene rings is 1. The third-order valence-corrected chi connectivity index (χ3v) is 3.33. The van der Waals surface area contributed by atoms with E-state index in [0.29, 0.717) is 16.8 Å². The maximum absolute atomic E-state index is 11.1. The maximum Gasteiger partial charge on any atom is 0.337 e. The van der Waals surface area contributed by atoms with Crippen LogP contribution < -0.4 is 5.32 Å². The molecule has 0 amide bonds. The average molecular weight is 285 g/mol. The summed E-state index contributed by atoms with van der Waals surface area (Å²) in [5.41, 5.74) is 0.828. The Morgan fingerprint density at radius 1 is 1.47 bits per heavy atom. The lowest BCUT2D eigenvalue weighted by molar-refractivity contribution is 0.0698. The minimum absolute atomic E-state index is 0.251. The first-order valence-electron chi connectivity index (χ1n) is 6.38. The van der Waals surface area contributed by atoms with Crippen LogP contribution in [0.25, 0.3) is 0 Å². The molecule has 1 aromatic rings. The lowest BCUT2D eigenvalue weighted by Gasteiger charge is -2.21. The molecule has 4 nitrogen and oxygen atoms in total. The van der Waals surface area contributed by atoms with Crippen LogP contribution >= 0.6 is 11.6 Å². The number of halogens is 1. The van der Waals surface area contributed by atoms with Gasteiger partial charge in [0.05, 0.1) is 11.3 Å². The molecule has 0 saturated carbocycles. The van der Waals surface area contributed by atoms with E-state index in [9.17, 15) is 4.79 Å². The highest BCUT2D eigenvalue weighted by atomic mass is 35.5. The molecule has 0 fully saturated rings. The van der Waals surface area contributed by atoms with Crippen molar-refractivity contribution in [3.63, 3.8) is 0 Å². The zero-order valence-corrected chi connectivity index (χ0v) is 12.4. The molecule has 1 rings (SSSR count). The fourth-order valence-electron chi connectivity index (χ4n) is 1.66. The largest absolute Gasteiger partial charge is 0.478 e. The van der Waals surface area contributed by atoms with Gasteiger partial charge in [0.25, 0.3) is 0 Å². The van der Waals surface area contributed by atoms with Crippen molar-refractivity contribution in [1.82, 2.24) is 4.90 Å². The first-order chi connectivity index (χ1) is 8.91. The van der Waals surface area contributed by atoms with Gasteiger partial charge in [-0.1, -0.05) is 11.6 Å². The number of carbonyl (C=O) groups is 1. The summed E-state index contributed by atoms with van der Waals surface area (Å²) < 4.78 is 0. The van der Waals surface area contributed by atoms with Crippen LogP contribution in [0.4, 0.5) is 5.69 Å². The van der Waals surface area contributed by atoms with Crippen LogP contribution in [0, 0.1) is 0 Å². The second-order valence-electron chi connectivity index (χ2n) is 4.85. The van der Waals surface area contributed by atoms with Gasteiger partial charge in [0.15, 0.2) is 0 Å². The van der Waals surface area contributed by atoms with Gasteiger partial charge in [0, 0.05) is 17.6 Å². The van der Waals surface area contributed by atoms with Crippen LogP contribution in [0.15, 0.2) is 18.2 Å². The van der Waals surface area contributed by atoms with E-state index >= 15 is 0 Å². The summed E-state index contributed by atoms with van der Waals surface area (Å²) in [6.07, 6.45) is 0.945. The molecule has 0 aliphatic heterocycles. The van der Waals surface area contributed by atoms with E-state index in [2.05, 4.69) is 31.1 Å². The van der Waals surface area contributed by atoms with E-state index in [4.69, 9.17) is 16.7 Å². The van der Waals surface area contributed by atoms with Crippen molar-refractivity contribution in [2.45, 2.75) is 26.3 Å². The fourth-order valence-corrected chi connectivity index (χ4v) is 1.83. The molecule has 0 spiro atoms. The number of rotatable bonds is 7. The predicted octanol–water partition coefficient (Wildman–Crippen LogP) is 3.18. The van der Waals surface area contributed by atoms with Crippen molar-refractivity contribution in [3.05, 3.63) is 28.8 Å². The predicted molar refractivity (Wildman–Crippen MR) is 79.3 cm³/mol. The van der Waals surface area contributed by atoms with E-state index in [1.165, 1.54) is 6.07 Å². The van der Waals surface area contributed by atoms with Gasteiger partial charge in [0.2, 0.25) is 0 Å². The number of hydrogen-bond donors (Lipinski definition) is 2. The minimum Gasteiger partial charge on any atom is -0.478 e. The average Bonchev–Trinajstić information content (AvgIpc) is 2.33. The summed E-state index contributed by atoms with van der Waals surface area (Å²) in [5.74, 6) is -0.946. The van der Waals surface area contributed by atoms with E-state index in [1.54, 1.807) is 12.1 Å². The van der Waals surface area contributed by atoms with E-state index in [0.717, 1.165) is 19.5 Å². The van der Waals surface area contributed by atoms with Crippen molar-refractivity contribution in [2.75, 3.05) is 25.5 Å². The molecule has 0 aliphatic carbocycles. The summed E-state index contributed by atoms with van der Waals surface area (Å²) >= 11 is 5.89. The minimum atomic E-state index is -0.946. The summed E-state index contributed by atoms with van der Waals surface area (Å²) in [7, 11) is 2.08. The zero-order valence-electron chi connectivity index (χ0n) is 11.6. The van der Waals surface area contributed by atoms with Crippen molar-refractivity contribution in [2.24, 2.45) is 0 Å². The molecule has 0 aromatic heterocycles. The molecule has 0 radical (unpaired) electrons. The third kappa shape index (κ3) is 5.09. The Bertz CT molecular complexity index is 435. The van der Waals surface area contributed by atoms with E-state index in [-0.39, 0.29) is 5.56 Å². The van der Waals surface area contributed by atoms with Crippen molar-refractivity contribution < 1.29 is 9.90 Å². The third-order valence-electron chi connectivity index (χ3n) is 3.10. The molecule has 1 aromatic carbocycles. The van der Waals surface area contributed by atoms with Gasteiger partial charge in [-0.05, 0) is 52.1 Å². The first-order valence-corrected chi connectivity index (χ1v) is 6.76. The van der Waals surface area contributed by atoms with Gasteiger partial charge in [-0.15, -0.1) is 0 Å². The van der Waals surface area contributed by atoms with E-state index in [1.807, 2.05) is 0 Å². The second-order valence-corrected chi connectivity index (χ2v) is 5.29. The molecule has 19 heavy (non-hydrogen) atoms. The van der Waals surface area contributed by atoms with Gasteiger partial charge < -0.3 is 15.3 Å². The quantitative estimate of drug-likeness (QED) is 0.755. The lowest BCUT2D eigenvalue weighted by atomic mass is 10.1. The zero-order chi connectivity index (χ0) is 14.4. The second kappa shape index (κ2) is 7.36. The highest BCUT2D eigenvalue weighted by Crippen LogP contribution is 2.21. The van der Waals surface area contributed by atoms with Gasteiger partial charge in [-0.2, -0.15) is 0 Å². The Balaban J connectivity index is 2.53. The molecule has 5 heteroatoms. The van der Waals surface area contributed by atoms with Gasteiger partial charge in [0.1, 0.15) is 0 Å². The summed E-state index contributed by atoms with van der Waals surface area (Å²) in [6.45, 7) is 5.98. The maximum atomic E-state index is 11.1. The van der Waals surface area contributed by atoms with Crippen LogP contribution in [0.3, 0.4) is 0 Å². The standard InChI is InChI=1S/C14H21ClN2O2/c1-10(2)17(3)8-4-7-16-13-9-11(15)5-6-12(13)14(18)19/h5-6,9-10,16H,4,7-8H2,1-3H3,(H,18,19). The number of nitrogens with zero attached hydrogens (tertiary/aromatic N) is 1. The number of nitrogens with one attached hydrogen (secondary N) is 1. The Labute approximate surface area is 119 Å². The number of carboxylic acids is 1. The Hall–Kier alpha value is -1.26. The summed E-state index contributed by atoms with van der Waals surface area (Å²) in [5, 5.41) is 12.8. The molecular weight excluding hydrogens is 264 g/mol. The van der Waals surface area contributed by atoms with Crippen LogP contribution in [0.1, 0.15) is 30.6 Å². The van der Waals surface area contributed by atoms with Crippen LogP contribution in [-0.4, -0.2) is 42.2 Å². The Morgan fingerprint density at radius 2 is 2.16 bits per heavy atom. The summed E-state index contributed by atoms with van der Waals surface area (Å²) in [4.78, 5) is 13.3. The molecule has 106 valence electrons. The van der Waals surface area contributed by atoms with Gasteiger partial charge in [-0.3, -0.25) is 0 Å². The fraction of sp³-hybridized carbons (Fsp3) is 0.500. The number of anilines is 1. The molecule has 0 heterocycles. The normalized spacial score (nSPS) is 11.1. The van der Waals surface area contributed by atoms with Crippen LogP contribution in [0.2, 0.25) is 5.02 Å². The molecule has 0 unspecified atom stereocenters. The van der Waals surface area contributed by atoms with Gasteiger partial charge in [-0.25, -0.2) is 4.79 Å². The molecule has 0 aliphatic rings. The summed E-state index contributed by atoms with van der Waals surface area (Å²) in [6, 6.07) is 5.27. The highest BCUT2D eigenvalue weighted by molar-refractivity contribution is 6.31. The number of carboxylic acid groups (broad SMARTS) is 1. The Morgan fingerprint density at radius 3 is 2.74 bits per heavy atom. The van der Waals surface area contributed by atoms with Crippen LogP contribution in [-0.2, 0) is 0 Å². The number of hydrogen-bond acceptors (Lipinski definition) is 3. The molecule has 0 bridgehead atoms. The Kier molecular flexibility index (Phi) is 6.12. The first kappa shape index (κ1) is 15.8. The van der Waals surface area contributed by atoms with E-state index < -0.39 is 5.97 Å². The van der Waals surface area contributed by atoms with Crippen molar-refractivity contribution in [1.29, 1.82) is 0 Å². The number of aromatic carboxylic acids is 1. The van der Waals surface area contributed by atoms with Crippen molar-refractivity contribution in [3.8, 4) is 0 Å². The molecule has 2 N–H and O–H groups in total. The molecular formula is C14H21ClN2O2. The van der Waals surface area contributed by atoms with Crippen LogP contribution in [0.5, 0.6) is 0 Å². The molecule has 0 saturated heterocycles. The lowest BCUT2D eigenvalue weighted by Crippen LogP contribution is -2.28. The van der Waals surface area contributed by atoms with Crippen molar-refractivity contribution >= 4 is 23.3 Å². The smallest absolute Gasteiger partial charge is 0.337 e. The SMILES string of the molecule is CC(C)N(C)CCCNc1cc(Cl)ccc1C(=O)O. The topological polar surface area (TPSA) is 52.6 Å². The van der Waals surface area contributed by atoms with Gasteiger partial charge >= 0.3 is 5.97 Å². The molecule has 0 atom stereocenters. The highest BCUT2D eigenvalue weighted by Gasteiger charge is 2.10.